The number of aromatic nitrogens is 2. The Labute approximate surface area is 141 Å². The van der Waals surface area contributed by atoms with Gasteiger partial charge in [0.05, 0.1) is 18.0 Å². The van der Waals surface area contributed by atoms with Crippen molar-refractivity contribution in [2.24, 2.45) is 11.7 Å². The number of amides is 2. The summed E-state index contributed by atoms with van der Waals surface area (Å²) in [6.07, 6.45) is 5.51. The van der Waals surface area contributed by atoms with E-state index in [4.69, 9.17) is 5.73 Å². The molecule has 6 heteroatoms. The third kappa shape index (κ3) is 3.48. The molecule has 3 rings (SSSR count). The average molecular weight is 326 g/mol. The van der Waals surface area contributed by atoms with Crippen LogP contribution in [-0.4, -0.2) is 39.1 Å². The standard InChI is InChI=1S/C18H22N4O2/c1-13-3-6-15(18(19)24)12-21(13)17(23)11-14-4-7-16(8-5-14)22-10-2-9-20-22/h2,4-5,7-10,13,15H,3,6,11-12H2,1H3,(H2,19,24). The maximum absolute atomic E-state index is 12.6. The van der Waals surface area contributed by atoms with Crippen molar-refractivity contribution in [3.8, 4) is 5.69 Å². The molecule has 6 nitrogen and oxygen atoms in total. The lowest BCUT2D eigenvalue weighted by atomic mass is 9.92. The maximum atomic E-state index is 12.6. The topological polar surface area (TPSA) is 81.2 Å². The van der Waals surface area contributed by atoms with Crippen LogP contribution in [0.5, 0.6) is 0 Å². The summed E-state index contributed by atoms with van der Waals surface area (Å²) in [5.74, 6) is -0.504. The van der Waals surface area contributed by atoms with Gasteiger partial charge in [-0.15, -0.1) is 0 Å². The molecular weight excluding hydrogens is 304 g/mol. The minimum atomic E-state index is -0.316. The first kappa shape index (κ1) is 16.2. The Hall–Kier alpha value is -2.63. The van der Waals surface area contributed by atoms with Gasteiger partial charge in [0.1, 0.15) is 0 Å². The molecule has 2 unspecified atom stereocenters. The van der Waals surface area contributed by atoms with Crippen molar-refractivity contribution < 1.29 is 9.59 Å². The van der Waals surface area contributed by atoms with Crippen molar-refractivity contribution in [1.82, 2.24) is 14.7 Å². The molecule has 0 radical (unpaired) electrons. The van der Waals surface area contributed by atoms with Crippen molar-refractivity contribution >= 4 is 11.8 Å². The van der Waals surface area contributed by atoms with E-state index in [1.165, 1.54) is 0 Å². The molecule has 0 aliphatic carbocycles. The van der Waals surface area contributed by atoms with Crippen LogP contribution in [0.4, 0.5) is 0 Å². The second-order valence-electron chi connectivity index (χ2n) is 6.37. The highest BCUT2D eigenvalue weighted by Gasteiger charge is 2.31. The first-order chi connectivity index (χ1) is 11.5. The summed E-state index contributed by atoms with van der Waals surface area (Å²) in [4.78, 5) is 25.8. The van der Waals surface area contributed by atoms with E-state index in [0.29, 0.717) is 13.0 Å². The SMILES string of the molecule is CC1CCC(C(N)=O)CN1C(=O)Cc1ccc(-n2cccn2)cc1. The molecule has 24 heavy (non-hydrogen) atoms. The van der Waals surface area contributed by atoms with Gasteiger partial charge in [-0.25, -0.2) is 4.68 Å². The van der Waals surface area contributed by atoms with Crippen LogP contribution in [0.3, 0.4) is 0 Å². The summed E-state index contributed by atoms with van der Waals surface area (Å²) in [6, 6.07) is 9.79. The number of rotatable bonds is 4. The van der Waals surface area contributed by atoms with Crippen molar-refractivity contribution in [3.05, 3.63) is 48.3 Å². The lowest BCUT2D eigenvalue weighted by molar-refractivity contribution is -0.136. The lowest BCUT2D eigenvalue weighted by Gasteiger charge is -2.37. The summed E-state index contributed by atoms with van der Waals surface area (Å²) >= 11 is 0. The smallest absolute Gasteiger partial charge is 0.227 e. The number of piperidine rings is 1. The van der Waals surface area contributed by atoms with Crippen LogP contribution >= 0.6 is 0 Å². The Balaban J connectivity index is 1.66. The largest absolute Gasteiger partial charge is 0.369 e. The molecule has 0 bridgehead atoms. The zero-order chi connectivity index (χ0) is 17.1. The lowest BCUT2D eigenvalue weighted by Crippen LogP contribution is -2.49. The number of nitrogens with two attached hydrogens (primary N) is 1. The van der Waals surface area contributed by atoms with Crippen molar-refractivity contribution in [2.45, 2.75) is 32.2 Å². The molecule has 1 aliphatic heterocycles. The van der Waals surface area contributed by atoms with Crippen LogP contribution in [0.15, 0.2) is 42.7 Å². The zero-order valence-corrected chi connectivity index (χ0v) is 13.8. The zero-order valence-electron chi connectivity index (χ0n) is 13.8. The summed E-state index contributed by atoms with van der Waals surface area (Å²) in [5.41, 5.74) is 7.31. The predicted octanol–water partition coefficient (Wildman–Crippen LogP) is 1.53. The van der Waals surface area contributed by atoms with Crippen LogP contribution in [0.1, 0.15) is 25.3 Å². The van der Waals surface area contributed by atoms with Crippen LogP contribution in [-0.2, 0) is 16.0 Å². The number of nitrogens with zero attached hydrogens (tertiary/aromatic N) is 3. The molecule has 126 valence electrons. The number of likely N-dealkylation sites (tertiary alicyclic amines) is 1. The first-order valence-electron chi connectivity index (χ1n) is 8.22. The fraction of sp³-hybridized carbons (Fsp3) is 0.389. The van der Waals surface area contributed by atoms with E-state index in [1.54, 1.807) is 15.8 Å². The third-order valence-electron chi connectivity index (χ3n) is 4.67. The number of hydrogen-bond donors (Lipinski definition) is 1. The van der Waals surface area contributed by atoms with Gasteiger partial charge in [0.25, 0.3) is 0 Å². The highest BCUT2D eigenvalue weighted by molar-refractivity contribution is 5.81. The summed E-state index contributed by atoms with van der Waals surface area (Å²) in [5, 5.41) is 4.18. The molecule has 1 aromatic heterocycles. The summed E-state index contributed by atoms with van der Waals surface area (Å²) < 4.78 is 1.77. The molecule has 2 atom stereocenters. The van der Waals surface area contributed by atoms with Crippen LogP contribution in [0.25, 0.3) is 5.69 Å². The Morgan fingerprint density at radius 1 is 1.25 bits per heavy atom. The van der Waals surface area contributed by atoms with Crippen LogP contribution in [0.2, 0.25) is 0 Å². The number of carbonyl (C=O) groups excluding carboxylic acids is 2. The first-order valence-corrected chi connectivity index (χ1v) is 8.22. The van der Waals surface area contributed by atoms with E-state index in [2.05, 4.69) is 5.10 Å². The van der Waals surface area contributed by atoms with Gasteiger partial charge in [0, 0.05) is 25.0 Å². The molecule has 0 saturated carbocycles. The quantitative estimate of drug-likeness (QED) is 0.925. The van der Waals surface area contributed by atoms with Crippen LogP contribution < -0.4 is 5.73 Å². The number of benzene rings is 1. The van der Waals surface area contributed by atoms with Gasteiger partial charge in [0.2, 0.25) is 11.8 Å². The highest BCUT2D eigenvalue weighted by Crippen LogP contribution is 2.22. The van der Waals surface area contributed by atoms with E-state index < -0.39 is 0 Å². The molecule has 1 fully saturated rings. The molecule has 1 aromatic carbocycles. The monoisotopic (exact) mass is 326 g/mol. The average Bonchev–Trinajstić information content (AvgIpc) is 3.10. The van der Waals surface area contributed by atoms with E-state index >= 15 is 0 Å². The van der Waals surface area contributed by atoms with Crippen LogP contribution in [0, 0.1) is 5.92 Å². The Morgan fingerprint density at radius 2 is 2.00 bits per heavy atom. The normalized spacial score (nSPS) is 20.8. The van der Waals surface area contributed by atoms with Gasteiger partial charge >= 0.3 is 0 Å². The minimum Gasteiger partial charge on any atom is -0.369 e. The Morgan fingerprint density at radius 3 is 2.62 bits per heavy atom. The van der Waals surface area contributed by atoms with Crippen molar-refractivity contribution in [1.29, 1.82) is 0 Å². The minimum absolute atomic E-state index is 0.0419. The molecule has 2 N–H and O–H groups in total. The summed E-state index contributed by atoms with van der Waals surface area (Å²) in [6.45, 7) is 2.45. The molecule has 0 spiro atoms. The summed E-state index contributed by atoms with van der Waals surface area (Å²) in [7, 11) is 0. The van der Waals surface area contributed by atoms with Gasteiger partial charge in [-0.2, -0.15) is 5.10 Å². The molecule has 2 amide bonds. The number of primary amides is 1. The van der Waals surface area contributed by atoms with Gasteiger partial charge in [-0.1, -0.05) is 12.1 Å². The number of hydrogen-bond acceptors (Lipinski definition) is 3. The van der Waals surface area contributed by atoms with Crippen molar-refractivity contribution in [2.75, 3.05) is 6.54 Å². The van der Waals surface area contributed by atoms with Crippen molar-refractivity contribution in [3.63, 3.8) is 0 Å². The third-order valence-corrected chi connectivity index (χ3v) is 4.67. The molecular formula is C18H22N4O2. The van der Waals surface area contributed by atoms with Gasteiger partial charge in [-0.05, 0) is 43.5 Å². The molecule has 1 saturated heterocycles. The fourth-order valence-corrected chi connectivity index (χ4v) is 3.15. The second-order valence-corrected chi connectivity index (χ2v) is 6.37. The van der Waals surface area contributed by atoms with Gasteiger partial charge < -0.3 is 10.6 Å². The Kier molecular flexibility index (Phi) is 4.64. The van der Waals surface area contributed by atoms with Gasteiger partial charge in [-0.3, -0.25) is 9.59 Å². The maximum Gasteiger partial charge on any atom is 0.227 e. The molecule has 2 aromatic rings. The molecule has 1 aliphatic rings. The van der Waals surface area contributed by atoms with Gasteiger partial charge in [0.15, 0.2) is 0 Å². The fourth-order valence-electron chi connectivity index (χ4n) is 3.15. The highest BCUT2D eigenvalue weighted by atomic mass is 16.2. The molecule has 2 heterocycles. The number of carbonyl (C=O) groups is 2. The Bertz CT molecular complexity index is 709. The van der Waals surface area contributed by atoms with E-state index in [1.807, 2.05) is 43.5 Å². The predicted molar refractivity (Wildman–Crippen MR) is 90.4 cm³/mol. The van der Waals surface area contributed by atoms with E-state index in [-0.39, 0.29) is 23.8 Å². The second kappa shape index (κ2) is 6.86. The van der Waals surface area contributed by atoms with E-state index in [0.717, 1.165) is 24.1 Å². The van der Waals surface area contributed by atoms with E-state index in [9.17, 15) is 9.59 Å².